The summed E-state index contributed by atoms with van der Waals surface area (Å²) >= 11 is 7.91. The number of hydrogen-bond donors (Lipinski definition) is 1. The van der Waals surface area contributed by atoms with Gasteiger partial charge in [-0.3, -0.25) is 0 Å². The molecule has 8 heteroatoms. The summed E-state index contributed by atoms with van der Waals surface area (Å²) in [6, 6.07) is 22.3. The summed E-state index contributed by atoms with van der Waals surface area (Å²) in [4.78, 5) is 0.232. The first-order valence-electron chi connectivity index (χ1n) is 10.6. The fourth-order valence-electron chi connectivity index (χ4n) is 4.11. The highest BCUT2D eigenvalue weighted by Crippen LogP contribution is 2.31. The van der Waals surface area contributed by atoms with Crippen LogP contribution in [0.2, 0.25) is 5.02 Å². The lowest BCUT2D eigenvalue weighted by Crippen LogP contribution is -2.23. The molecule has 0 fully saturated rings. The molecule has 0 saturated heterocycles. The lowest BCUT2D eigenvalue weighted by atomic mass is 10.1. The molecule has 0 atom stereocenters. The van der Waals surface area contributed by atoms with E-state index in [1.165, 1.54) is 10.3 Å². The summed E-state index contributed by atoms with van der Waals surface area (Å²) in [7, 11) is -3.60. The van der Waals surface area contributed by atoms with Gasteiger partial charge in [0.15, 0.2) is 0 Å². The first kappa shape index (κ1) is 22.6. The number of nitriles is 1. The zero-order chi connectivity index (χ0) is 23.7. The van der Waals surface area contributed by atoms with Crippen LogP contribution in [0.5, 0.6) is 0 Å². The van der Waals surface area contributed by atoms with Crippen LogP contribution in [0.1, 0.15) is 16.7 Å². The van der Waals surface area contributed by atoms with E-state index in [1.807, 2.05) is 42.6 Å². The predicted octanol–water partition coefficient (Wildman–Crippen LogP) is 6.10. The van der Waals surface area contributed by atoms with Gasteiger partial charge in [-0.1, -0.05) is 35.9 Å². The normalized spacial score (nSPS) is 11.8. The minimum Gasteiger partial charge on any atom is -0.343 e. The summed E-state index contributed by atoms with van der Waals surface area (Å²) < 4.78 is 31.2. The molecule has 0 amide bonds. The third kappa shape index (κ3) is 4.46. The van der Waals surface area contributed by atoms with E-state index in [9.17, 15) is 13.7 Å². The lowest BCUT2D eigenvalue weighted by molar-refractivity contribution is 0.581. The number of sulfonamides is 1. The number of nitrogens with one attached hydrogen (secondary N) is 1. The van der Waals surface area contributed by atoms with Gasteiger partial charge < -0.3 is 4.57 Å². The molecule has 2 heterocycles. The van der Waals surface area contributed by atoms with Crippen molar-refractivity contribution >= 4 is 54.0 Å². The Kier molecular flexibility index (Phi) is 6.15. The quantitative estimate of drug-likeness (QED) is 0.290. The van der Waals surface area contributed by atoms with E-state index in [0.29, 0.717) is 11.6 Å². The standard InChI is InChI=1S/C26H20ClN3O2S2/c27-21-7-9-26-24(13-21)20(17-33-26)16-30-15-19(10-11-28)23-12-18(6-8-25(23)30)14-29-34(31,32)22-4-2-1-3-5-22/h1-9,12-13,15,17,29H,10,14,16H2. The Morgan fingerprint density at radius 1 is 1.00 bits per heavy atom. The van der Waals surface area contributed by atoms with Crippen molar-refractivity contribution < 1.29 is 8.42 Å². The summed E-state index contributed by atoms with van der Waals surface area (Å²) in [5.41, 5.74) is 3.92. The molecule has 5 aromatic rings. The van der Waals surface area contributed by atoms with E-state index >= 15 is 0 Å². The van der Waals surface area contributed by atoms with Crippen molar-refractivity contribution in [3.05, 3.63) is 100 Å². The molecule has 0 aliphatic heterocycles. The molecule has 0 bridgehead atoms. The van der Waals surface area contributed by atoms with Crippen LogP contribution in [0.25, 0.3) is 21.0 Å². The molecule has 3 aromatic carbocycles. The van der Waals surface area contributed by atoms with Crippen molar-refractivity contribution in [3.63, 3.8) is 0 Å². The Labute approximate surface area is 206 Å². The van der Waals surface area contributed by atoms with Crippen LogP contribution >= 0.6 is 22.9 Å². The van der Waals surface area contributed by atoms with Gasteiger partial charge in [-0.15, -0.1) is 11.3 Å². The number of thiophene rings is 1. The second-order valence-corrected chi connectivity index (χ2v) is 11.1. The highest BCUT2D eigenvalue weighted by Gasteiger charge is 2.15. The van der Waals surface area contributed by atoms with E-state index in [1.54, 1.807) is 41.7 Å². The zero-order valence-electron chi connectivity index (χ0n) is 18.0. The van der Waals surface area contributed by atoms with Crippen LogP contribution in [-0.2, 0) is 29.5 Å². The van der Waals surface area contributed by atoms with Crippen LogP contribution < -0.4 is 4.72 Å². The van der Waals surface area contributed by atoms with Crippen LogP contribution in [0.3, 0.4) is 0 Å². The number of nitrogens with zero attached hydrogens (tertiary/aromatic N) is 2. The molecule has 0 saturated carbocycles. The SMILES string of the molecule is N#CCc1cn(Cc2csc3ccc(Cl)cc23)c2ccc(CNS(=O)(=O)c3ccccc3)cc12. The molecule has 0 spiro atoms. The van der Waals surface area contributed by atoms with Crippen LogP contribution in [0.15, 0.2) is 83.2 Å². The van der Waals surface area contributed by atoms with Gasteiger partial charge >= 0.3 is 0 Å². The Morgan fingerprint density at radius 3 is 2.62 bits per heavy atom. The first-order chi connectivity index (χ1) is 16.4. The largest absolute Gasteiger partial charge is 0.343 e. The Hall–Kier alpha value is -3.15. The minimum atomic E-state index is -3.60. The van der Waals surface area contributed by atoms with E-state index in [-0.39, 0.29) is 17.9 Å². The van der Waals surface area contributed by atoms with Gasteiger partial charge in [-0.2, -0.15) is 5.26 Å². The van der Waals surface area contributed by atoms with Crippen LogP contribution in [0, 0.1) is 11.3 Å². The number of fused-ring (bicyclic) bond motifs is 2. The average molecular weight is 506 g/mol. The number of halogens is 1. The molecule has 170 valence electrons. The molecule has 5 nitrogen and oxygen atoms in total. The topological polar surface area (TPSA) is 74.9 Å². The lowest BCUT2D eigenvalue weighted by Gasteiger charge is -2.08. The third-order valence-corrected chi connectivity index (χ3v) is 8.44. The number of hydrogen-bond acceptors (Lipinski definition) is 4. The Bertz CT molecular complexity index is 1650. The van der Waals surface area contributed by atoms with Gasteiger partial charge in [-0.05, 0) is 69.9 Å². The molecule has 0 aliphatic rings. The molecular weight excluding hydrogens is 486 g/mol. The van der Waals surface area contributed by atoms with Gasteiger partial charge in [0.2, 0.25) is 10.0 Å². The third-order valence-electron chi connectivity index (χ3n) is 5.77. The number of aromatic nitrogens is 1. The summed E-state index contributed by atoms with van der Waals surface area (Å²) in [6.45, 7) is 0.820. The van der Waals surface area contributed by atoms with Crippen molar-refractivity contribution in [2.75, 3.05) is 0 Å². The van der Waals surface area contributed by atoms with E-state index < -0.39 is 10.0 Å². The average Bonchev–Trinajstić information content (AvgIpc) is 3.39. The van der Waals surface area contributed by atoms with Gasteiger partial charge in [0.1, 0.15) is 0 Å². The Morgan fingerprint density at radius 2 is 1.82 bits per heavy atom. The first-order valence-corrected chi connectivity index (χ1v) is 13.4. The molecule has 34 heavy (non-hydrogen) atoms. The highest BCUT2D eigenvalue weighted by atomic mass is 35.5. The fourth-order valence-corrected chi connectivity index (χ4v) is 6.25. The maximum absolute atomic E-state index is 12.6. The molecule has 0 aliphatic carbocycles. The Balaban J connectivity index is 1.46. The maximum atomic E-state index is 12.6. The van der Waals surface area contributed by atoms with Crippen molar-refractivity contribution in [2.24, 2.45) is 0 Å². The molecule has 5 rings (SSSR count). The minimum absolute atomic E-state index is 0.165. The van der Waals surface area contributed by atoms with Gasteiger partial charge in [0.25, 0.3) is 0 Å². The van der Waals surface area contributed by atoms with Crippen molar-refractivity contribution in [1.29, 1.82) is 5.26 Å². The zero-order valence-corrected chi connectivity index (χ0v) is 20.4. The highest BCUT2D eigenvalue weighted by molar-refractivity contribution is 7.89. The number of benzene rings is 3. The van der Waals surface area contributed by atoms with Crippen molar-refractivity contribution in [3.8, 4) is 6.07 Å². The van der Waals surface area contributed by atoms with E-state index in [0.717, 1.165) is 27.4 Å². The summed E-state index contributed by atoms with van der Waals surface area (Å²) in [5, 5.41) is 14.3. The van der Waals surface area contributed by atoms with E-state index in [2.05, 4.69) is 20.7 Å². The van der Waals surface area contributed by atoms with Crippen molar-refractivity contribution in [1.82, 2.24) is 9.29 Å². The molecule has 0 radical (unpaired) electrons. The molecular formula is C26H20ClN3O2S2. The van der Waals surface area contributed by atoms with Crippen molar-refractivity contribution in [2.45, 2.75) is 24.4 Å². The second-order valence-electron chi connectivity index (χ2n) is 8.01. The maximum Gasteiger partial charge on any atom is 0.240 e. The van der Waals surface area contributed by atoms with Crippen LogP contribution in [0.4, 0.5) is 0 Å². The van der Waals surface area contributed by atoms with Gasteiger partial charge in [0, 0.05) is 39.9 Å². The van der Waals surface area contributed by atoms with Gasteiger partial charge in [0.05, 0.1) is 17.4 Å². The molecule has 1 N–H and O–H groups in total. The molecule has 0 unspecified atom stereocenters. The smallest absolute Gasteiger partial charge is 0.240 e. The molecule has 2 aromatic heterocycles. The number of rotatable bonds is 7. The van der Waals surface area contributed by atoms with Crippen LogP contribution in [-0.4, -0.2) is 13.0 Å². The van der Waals surface area contributed by atoms with Gasteiger partial charge in [-0.25, -0.2) is 13.1 Å². The summed E-state index contributed by atoms with van der Waals surface area (Å²) in [5.74, 6) is 0. The predicted molar refractivity (Wildman–Crippen MR) is 138 cm³/mol. The monoisotopic (exact) mass is 505 g/mol. The van der Waals surface area contributed by atoms with E-state index in [4.69, 9.17) is 11.6 Å². The second kappa shape index (κ2) is 9.24. The fraction of sp³-hybridized carbons (Fsp3) is 0.115. The summed E-state index contributed by atoms with van der Waals surface area (Å²) in [6.07, 6.45) is 2.29.